The van der Waals surface area contributed by atoms with Crippen LogP contribution < -0.4 is 0 Å². The predicted molar refractivity (Wildman–Crippen MR) is 88.5 cm³/mol. The van der Waals surface area contributed by atoms with Crippen LogP contribution >= 0.6 is 0 Å². The van der Waals surface area contributed by atoms with E-state index in [1.54, 1.807) is 0 Å². The molecule has 0 spiro atoms. The van der Waals surface area contributed by atoms with E-state index >= 15 is 0 Å². The lowest BCUT2D eigenvalue weighted by molar-refractivity contribution is -0.758. The zero-order valence-corrected chi connectivity index (χ0v) is 15.8. The van der Waals surface area contributed by atoms with Crippen LogP contribution in [0.25, 0.3) is 0 Å². The molecule has 4 unspecified atom stereocenters. The molecule has 0 saturated carbocycles. The van der Waals surface area contributed by atoms with E-state index in [2.05, 4.69) is 29.9 Å². The summed E-state index contributed by atoms with van der Waals surface area (Å²) in [5.74, 6) is -7.96. The summed E-state index contributed by atoms with van der Waals surface area (Å²) in [5.41, 5.74) is 0. The topological polar surface area (TPSA) is 205 Å². The van der Waals surface area contributed by atoms with E-state index in [9.17, 15) is 34.5 Å². The Bertz CT molecular complexity index is 528. The van der Waals surface area contributed by atoms with Gasteiger partial charge in [0.15, 0.2) is 6.10 Å². The maximum atomic E-state index is 11.5. The van der Waals surface area contributed by atoms with Crippen molar-refractivity contribution in [1.29, 1.82) is 0 Å². The number of hydrogen-bond donors (Lipinski definition) is 4. The van der Waals surface area contributed by atoms with E-state index in [-0.39, 0.29) is 51.6 Å². The summed E-state index contributed by atoms with van der Waals surface area (Å²) in [4.78, 5) is 54.4. The van der Waals surface area contributed by atoms with Crippen molar-refractivity contribution in [3.63, 3.8) is 0 Å². The predicted octanol–water partition coefficient (Wildman–Crippen LogP) is 0.961. The Labute approximate surface area is 169 Å². The molecule has 1 rings (SSSR count). The summed E-state index contributed by atoms with van der Waals surface area (Å²) in [7, 11) is 0. The monoisotopic (exact) mass is 440 g/mol. The van der Waals surface area contributed by atoms with Crippen molar-refractivity contribution >= 4 is 23.9 Å². The third kappa shape index (κ3) is 9.91. The highest BCUT2D eigenvalue weighted by molar-refractivity contribution is 5.73. The van der Waals surface area contributed by atoms with Gasteiger partial charge in [0.25, 0.3) is 0 Å². The first-order valence-corrected chi connectivity index (χ1v) is 9.08. The molecule has 4 N–H and O–H groups in total. The van der Waals surface area contributed by atoms with E-state index < -0.39 is 47.7 Å². The molecular weight excluding hydrogens is 416 g/mol. The molecule has 14 heteroatoms. The Balaban J connectivity index is 2.84. The van der Waals surface area contributed by atoms with Gasteiger partial charge in [0.2, 0.25) is 0 Å². The normalized spacial score (nSPS) is 28.5. The molecule has 1 heterocycles. The largest absolute Gasteiger partial charge is 0.481 e. The van der Waals surface area contributed by atoms with E-state index in [0.29, 0.717) is 0 Å². The van der Waals surface area contributed by atoms with Gasteiger partial charge in [-0.25, -0.2) is 9.68 Å². The molecule has 0 aromatic carbocycles. The quantitative estimate of drug-likeness (QED) is 0.449. The Morgan fingerprint density at radius 3 is 1.43 bits per heavy atom. The molecule has 1 saturated heterocycles. The fraction of sp³-hybridized carbons (Fsp3) is 0.750. The van der Waals surface area contributed by atoms with Gasteiger partial charge in [-0.2, -0.15) is 4.89 Å². The summed E-state index contributed by atoms with van der Waals surface area (Å²) in [6.45, 7) is -0.252. The van der Waals surface area contributed by atoms with Crippen LogP contribution in [0.3, 0.4) is 0 Å². The molecule has 1 aliphatic heterocycles. The third-order valence-corrected chi connectivity index (χ3v) is 4.66. The van der Waals surface area contributed by atoms with Crippen LogP contribution in [0.5, 0.6) is 0 Å². The highest BCUT2D eigenvalue weighted by Crippen LogP contribution is 2.25. The van der Waals surface area contributed by atoms with Gasteiger partial charge in [-0.1, -0.05) is 0 Å². The highest BCUT2D eigenvalue weighted by Gasteiger charge is 2.28. The minimum Gasteiger partial charge on any atom is -0.481 e. The molecule has 0 radical (unpaired) electrons. The van der Waals surface area contributed by atoms with Crippen LogP contribution in [-0.2, 0) is 49.1 Å². The van der Waals surface area contributed by atoms with Crippen LogP contribution in [0, 0.1) is 17.8 Å². The maximum absolute atomic E-state index is 11.5. The molecule has 172 valence electrons. The lowest BCUT2D eigenvalue weighted by Crippen LogP contribution is -2.27. The first kappa shape index (κ1) is 25.7. The molecule has 0 aromatic heterocycles. The van der Waals surface area contributed by atoms with Crippen molar-refractivity contribution in [1.82, 2.24) is 0 Å². The second-order valence-corrected chi connectivity index (χ2v) is 6.64. The van der Waals surface area contributed by atoms with E-state index in [1.807, 2.05) is 0 Å². The number of aliphatic carboxylic acids is 4. The van der Waals surface area contributed by atoms with Crippen LogP contribution in [0.4, 0.5) is 0 Å². The van der Waals surface area contributed by atoms with Crippen molar-refractivity contribution in [3.05, 3.63) is 0 Å². The zero-order valence-electron chi connectivity index (χ0n) is 15.8. The lowest BCUT2D eigenvalue weighted by atomic mass is 9.87. The number of rotatable bonds is 4. The van der Waals surface area contributed by atoms with Gasteiger partial charge in [-0.05, 0) is 65.1 Å². The van der Waals surface area contributed by atoms with Crippen LogP contribution in [0.1, 0.15) is 44.9 Å². The standard InChI is InChI=1S/C16H24O14/c17-13(18)9-1-2-10(14(19)20)5-6-12(16(23)24)26-28-30-29-27-25-8-7-11(4-3-9)15(21)22/h9-12H,1-8H2,(H,17,18)(H,19,20)(H,21,22)(H,23,24). The second-order valence-electron chi connectivity index (χ2n) is 6.64. The Hall–Kier alpha value is -2.36. The SMILES string of the molecule is O=C(O)C1CCOOOOOOC(C(=O)O)CCC(C(=O)O)CCC(C(=O)O)CC1. The van der Waals surface area contributed by atoms with E-state index in [4.69, 9.17) is 5.11 Å². The van der Waals surface area contributed by atoms with Crippen LogP contribution in [-0.4, -0.2) is 57.0 Å². The smallest absolute Gasteiger partial charge is 0.336 e. The summed E-state index contributed by atoms with van der Waals surface area (Å²) >= 11 is 0. The molecule has 30 heavy (non-hydrogen) atoms. The highest BCUT2D eigenvalue weighted by atomic mass is 17.8. The van der Waals surface area contributed by atoms with Crippen molar-refractivity contribution in [2.24, 2.45) is 17.8 Å². The summed E-state index contributed by atoms with van der Waals surface area (Å²) in [5, 5.41) is 53.0. The van der Waals surface area contributed by atoms with E-state index in [0.717, 1.165) is 0 Å². The lowest BCUT2D eigenvalue weighted by Gasteiger charge is -2.19. The van der Waals surface area contributed by atoms with Gasteiger partial charge >= 0.3 is 23.9 Å². The molecule has 0 bridgehead atoms. The number of carbonyl (C=O) groups is 4. The van der Waals surface area contributed by atoms with Gasteiger partial charge < -0.3 is 20.4 Å². The van der Waals surface area contributed by atoms with Gasteiger partial charge in [-0.3, -0.25) is 14.4 Å². The molecule has 14 nitrogen and oxygen atoms in total. The van der Waals surface area contributed by atoms with Crippen molar-refractivity contribution in [2.45, 2.75) is 51.0 Å². The van der Waals surface area contributed by atoms with Gasteiger partial charge in [-0.15, -0.1) is 0 Å². The minimum absolute atomic E-state index is 0.00775. The molecule has 0 aromatic rings. The first-order chi connectivity index (χ1) is 14.2. The number of carboxylic acid groups (broad SMARTS) is 4. The summed E-state index contributed by atoms with van der Waals surface area (Å²) < 4.78 is 0. The Morgan fingerprint density at radius 2 is 0.967 bits per heavy atom. The molecule has 4 atom stereocenters. The summed E-state index contributed by atoms with van der Waals surface area (Å²) in [6.07, 6.45) is -2.12. The number of hydrogen-bond acceptors (Lipinski definition) is 10. The molecule has 1 fully saturated rings. The third-order valence-electron chi connectivity index (χ3n) is 4.66. The minimum atomic E-state index is -1.60. The number of carboxylic acids is 4. The maximum Gasteiger partial charge on any atom is 0.336 e. The average molecular weight is 440 g/mol. The fourth-order valence-corrected chi connectivity index (χ4v) is 2.87. The van der Waals surface area contributed by atoms with E-state index in [1.165, 1.54) is 0 Å². The Kier molecular flexibility index (Phi) is 11.8. The first-order valence-electron chi connectivity index (χ1n) is 9.08. The van der Waals surface area contributed by atoms with Gasteiger partial charge in [0.1, 0.15) is 0 Å². The zero-order chi connectivity index (χ0) is 22.5. The van der Waals surface area contributed by atoms with Crippen molar-refractivity contribution in [3.8, 4) is 0 Å². The molecule has 0 aliphatic carbocycles. The van der Waals surface area contributed by atoms with Crippen LogP contribution in [0.15, 0.2) is 0 Å². The molecule has 1 aliphatic rings. The van der Waals surface area contributed by atoms with Crippen molar-refractivity contribution < 1.29 is 69.5 Å². The van der Waals surface area contributed by atoms with Crippen molar-refractivity contribution in [2.75, 3.05) is 6.61 Å². The molecular formula is C16H24O14. The Morgan fingerprint density at radius 1 is 0.533 bits per heavy atom. The van der Waals surface area contributed by atoms with Gasteiger partial charge in [0.05, 0.1) is 24.4 Å². The average Bonchev–Trinajstić information content (AvgIpc) is 2.66. The van der Waals surface area contributed by atoms with Gasteiger partial charge in [0, 0.05) is 0 Å². The second kappa shape index (κ2) is 13.8. The fourth-order valence-electron chi connectivity index (χ4n) is 2.87. The summed E-state index contributed by atoms with van der Waals surface area (Å²) in [6, 6.07) is 0. The van der Waals surface area contributed by atoms with Crippen LogP contribution in [0.2, 0.25) is 0 Å². The molecule has 0 amide bonds.